The van der Waals surface area contributed by atoms with Crippen molar-refractivity contribution in [1.29, 1.82) is 0 Å². The zero-order chi connectivity index (χ0) is 15.4. The molecular weight excluding hydrogens is 280 g/mol. The van der Waals surface area contributed by atoms with Crippen molar-refractivity contribution in [3.8, 4) is 0 Å². The number of pyridine rings is 2. The number of carbonyl (C=O) groups excluding carboxylic acids is 1. The van der Waals surface area contributed by atoms with Crippen LogP contribution in [0.1, 0.15) is 23.8 Å². The van der Waals surface area contributed by atoms with E-state index in [9.17, 15) is 4.79 Å². The molecule has 22 heavy (non-hydrogen) atoms. The maximum Gasteiger partial charge on any atom is 0.319 e. The summed E-state index contributed by atoms with van der Waals surface area (Å²) in [7, 11) is 0. The van der Waals surface area contributed by atoms with Gasteiger partial charge in [0.05, 0.1) is 17.9 Å². The summed E-state index contributed by atoms with van der Waals surface area (Å²) in [4.78, 5) is 20.4. The molecule has 6 heteroatoms. The Morgan fingerprint density at radius 3 is 2.95 bits per heavy atom. The normalized spacial score (nSPS) is 20.6. The van der Waals surface area contributed by atoms with Crippen LogP contribution in [-0.4, -0.2) is 28.6 Å². The zero-order valence-corrected chi connectivity index (χ0v) is 12.3. The number of aryl methyl sites for hydroxylation is 1. The van der Waals surface area contributed by atoms with E-state index in [0.29, 0.717) is 12.3 Å². The van der Waals surface area contributed by atoms with Crippen LogP contribution in [0.3, 0.4) is 0 Å². The average Bonchev–Trinajstić information content (AvgIpc) is 2.98. The fraction of sp³-hybridized carbons (Fsp3) is 0.312. The van der Waals surface area contributed by atoms with E-state index in [2.05, 4.69) is 20.6 Å². The Hall–Kier alpha value is -2.47. The first-order chi connectivity index (χ1) is 10.7. The van der Waals surface area contributed by atoms with Crippen LogP contribution in [0.15, 0.2) is 42.9 Å². The quantitative estimate of drug-likeness (QED) is 0.912. The van der Waals surface area contributed by atoms with E-state index >= 15 is 0 Å². The summed E-state index contributed by atoms with van der Waals surface area (Å²) >= 11 is 0. The molecule has 0 aliphatic carbocycles. The third kappa shape index (κ3) is 3.40. The minimum absolute atomic E-state index is 0.0670. The number of hydrogen-bond donors (Lipinski definition) is 2. The molecule has 0 radical (unpaired) electrons. The van der Waals surface area contributed by atoms with E-state index in [0.717, 1.165) is 17.7 Å². The van der Waals surface area contributed by atoms with Crippen molar-refractivity contribution < 1.29 is 9.53 Å². The first-order valence-electron chi connectivity index (χ1n) is 7.24. The van der Waals surface area contributed by atoms with Gasteiger partial charge in [0.2, 0.25) is 0 Å². The SMILES string of the molecule is Cc1ccc(NC(=O)N[C@H]2CCO[C@@H]2c2cccnc2)cn1. The third-order valence-electron chi connectivity index (χ3n) is 3.59. The Kier molecular flexibility index (Phi) is 4.29. The number of ether oxygens (including phenoxy) is 1. The number of rotatable bonds is 3. The summed E-state index contributed by atoms with van der Waals surface area (Å²) in [6.45, 7) is 2.52. The standard InChI is InChI=1S/C16H18N4O2/c1-11-4-5-13(10-18-11)19-16(21)20-14-6-8-22-15(14)12-3-2-7-17-9-12/h2-5,7,9-10,14-15H,6,8H2,1H3,(H2,19,20,21)/t14-,15+/m0/s1. The molecule has 0 spiro atoms. The Labute approximate surface area is 128 Å². The van der Waals surface area contributed by atoms with Gasteiger partial charge in [-0.2, -0.15) is 0 Å². The maximum atomic E-state index is 12.1. The van der Waals surface area contributed by atoms with Gasteiger partial charge in [-0.25, -0.2) is 4.79 Å². The molecule has 1 saturated heterocycles. The second-order valence-electron chi connectivity index (χ2n) is 5.26. The highest BCUT2D eigenvalue weighted by atomic mass is 16.5. The number of carbonyl (C=O) groups is 1. The highest BCUT2D eigenvalue weighted by Gasteiger charge is 2.31. The summed E-state index contributed by atoms with van der Waals surface area (Å²) < 4.78 is 5.72. The van der Waals surface area contributed by atoms with Crippen LogP contribution in [-0.2, 0) is 4.74 Å². The van der Waals surface area contributed by atoms with E-state index in [-0.39, 0.29) is 18.2 Å². The molecule has 114 valence electrons. The maximum absolute atomic E-state index is 12.1. The van der Waals surface area contributed by atoms with Crippen LogP contribution in [0.4, 0.5) is 10.5 Å². The van der Waals surface area contributed by atoms with Crippen molar-refractivity contribution in [2.24, 2.45) is 0 Å². The number of nitrogens with one attached hydrogen (secondary N) is 2. The minimum atomic E-state index is -0.255. The van der Waals surface area contributed by atoms with Gasteiger partial charge in [0.25, 0.3) is 0 Å². The van der Waals surface area contributed by atoms with Crippen molar-refractivity contribution in [2.45, 2.75) is 25.5 Å². The van der Waals surface area contributed by atoms with Crippen molar-refractivity contribution in [3.63, 3.8) is 0 Å². The summed E-state index contributed by atoms with van der Waals surface area (Å²) in [5.74, 6) is 0. The van der Waals surface area contributed by atoms with Crippen LogP contribution >= 0.6 is 0 Å². The number of amides is 2. The Morgan fingerprint density at radius 2 is 2.23 bits per heavy atom. The summed E-state index contributed by atoms with van der Waals surface area (Å²) in [5.41, 5.74) is 2.55. The topological polar surface area (TPSA) is 76.1 Å². The smallest absolute Gasteiger partial charge is 0.319 e. The summed E-state index contributed by atoms with van der Waals surface area (Å²) in [6.07, 6.45) is 5.75. The van der Waals surface area contributed by atoms with Gasteiger partial charge < -0.3 is 15.4 Å². The molecule has 1 fully saturated rings. The molecule has 2 N–H and O–H groups in total. The number of aromatic nitrogens is 2. The lowest BCUT2D eigenvalue weighted by molar-refractivity contribution is 0.100. The van der Waals surface area contributed by atoms with Crippen molar-refractivity contribution >= 4 is 11.7 Å². The molecule has 0 saturated carbocycles. The molecule has 2 aromatic heterocycles. The Morgan fingerprint density at radius 1 is 1.32 bits per heavy atom. The predicted octanol–water partition coefficient (Wildman–Crippen LogP) is 2.44. The van der Waals surface area contributed by atoms with E-state index in [4.69, 9.17) is 4.74 Å². The molecule has 0 bridgehead atoms. The van der Waals surface area contributed by atoms with Gasteiger partial charge in [0.1, 0.15) is 6.10 Å². The second kappa shape index (κ2) is 6.53. The fourth-order valence-corrected chi connectivity index (χ4v) is 2.49. The van der Waals surface area contributed by atoms with Crippen LogP contribution in [0, 0.1) is 6.92 Å². The first kappa shape index (κ1) is 14.5. The number of hydrogen-bond acceptors (Lipinski definition) is 4. The molecule has 6 nitrogen and oxygen atoms in total. The highest BCUT2D eigenvalue weighted by Crippen LogP contribution is 2.28. The zero-order valence-electron chi connectivity index (χ0n) is 12.3. The van der Waals surface area contributed by atoms with E-state index in [1.807, 2.05) is 31.2 Å². The lowest BCUT2D eigenvalue weighted by Crippen LogP contribution is -2.39. The van der Waals surface area contributed by atoms with Gasteiger partial charge in [-0.15, -0.1) is 0 Å². The minimum Gasteiger partial charge on any atom is -0.371 e. The fourth-order valence-electron chi connectivity index (χ4n) is 2.49. The molecule has 0 aromatic carbocycles. The molecule has 2 atom stereocenters. The molecular formula is C16H18N4O2. The molecule has 2 amide bonds. The first-order valence-corrected chi connectivity index (χ1v) is 7.24. The van der Waals surface area contributed by atoms with Gasteiger partial charge in [-0.1, -0.05) is 6.07 Å². The highest BCUT2D eigenvalue weighted by molar-refractivity contribution is 5.89. The Balaban J connectivity index is 1.62. The van der Waals surface area contributed by atoms with Gasteiger partial charge in [0.15, 0.2) is 0 Å². The van der Waals surface area contributed by atoms with Crippen LogP contribution < -0.4 is 10.6 Å². The van der Waals surface area contributed by atoms with Crippen molar-refractivity contribution in [3.05, 3.63) is 54.1 Å². The summed E-state index contributed by atoms with van der Waals surface area (Å²) in [5, 5.41) is 5.74. The summed E-state index contributed by atoms with van der Waals surface area (Å²) in [6, 6.07) is 7.18. The average molecular weight is 298 g/mol. The van der Waals surface area contributed by atoms with Gasteiger partial charge in [-0.3, -0.25) is 9.97 Å². The predicted molar refractivity (Wildman–Crippen MR) is 82.5 cm³/mol. The molecule has 3 heterocycles. The molecule has 3 rings (SSSR count). The van der Waals surface area contributed by atoms with E-state index in [1.165, 1.54) is 0 Å². The lowest BCUT2D eigenvalue weighted by Gasteiger charge is -2.20. The van der Waals surface area contributed by atoms with Crippen molar-refractivity contribution in [1.82, 2.24) is 15.3 Å². The van der Waals surface area contributed by atoms with Gasteiger partial charge >= 0.3 is 6.03 Å². The molecule has 0 unspecified atom stereocenters. The van der Waals surface area contributed by atoms with E-state index in [1.54, 1.807) is 18.6 Å². The van der Waals surface area contributed by atoms with Gasteiger partial charge in [-0.05, 0) is 31.5 Å². The van der Waals surface area contributed by atoms with Crippen molar-refractivity contribution in [2.75, 3.05) is 11.9 Å². The molecule has 1 aliphatic rings. The van der Waals surface area contributed by atoms with Crippen LogP contribution in [0.25, 0.3) is 0 Å². The molecule has 1 aliphatic heterocycles. The third-order valence-corrected chi connectivity index (χ3v) is 3.59. The number of nitrogens with zero attached hydrogens (tertiary/aromatic N) is 2. The monoisotopic (exact) mass is 298 g/mol. The molecule has 2 aromatic rings. The Bertz CT molecular complexity index is 630. The van der Waals surface area contributed by atoms with Crippen LogP contribution in [0.5, 0.6) is 0 Å². The lowest BCUT2D eigenvalue weighted by atomic mass is 10.0. The van der Waals surface area contributed by atoms with Crippen LogP contribution in [0.2, 0.25) is 0 Å². The second-order valence-corrected chi connectivity index (χ2v) is 5.26. The van der Waals surface area contributed by atoms with E-state index < -0.39 is 0 Å². The largest absolute Gasteiger partial charge is 0.371 e. The number of anilines is 1. The van der Waals surface area contributed by atoms with Gasteiger partial charge in [0, 0.05) is 30.3 Å². The number of urea groups is 1.